The molecule has 0 radical (unpaired) electrons. The lowest BCUT2D eigenvalue weighted by Crippen LogP contribution is -2.30. The van der Waals surface area contributed by atoms with Gasteiger partial charge in [0.05, 0.1) is 26.4 Å². The molecule has 0 saturated heterocycles. The standard InChI is InChI=1S/C77H150O17P2/c1-7-10-12-14-16-18-20-22-24-28-32-36-40-47-53-59-74(79)87-65-72(93-76(81)62-56-50-42-38-34-30-26-27-31-35-39-45-51-57-69(4)5)67-91-95(83,84)89-63-71(78)64-90-96(85,86)92-68-73(66-88-75(80)60-54-48-44-43-46-52-58-70(6)9-3)94-77(82)61-55-49-41-37-33-29-25-23-21-19-17-15-13-11-8-2/h69-73,78H,7-68H2,1-6H3,(H,83,84)(H,85,86)/t70?,71-,72-,73-/m1/s1. The third kappa shape index (κ3) is 69.2. The number of aliphatic hydroxyl groups is 1. The molecule has 0 aromatic carbocycles. The van der Waals surface area contributed by atoms with Gasteiger partial charge in [0.2, 0.25) is 0 Å². The lowest BCUT2D eigenvalue weighted by atomic mass is 10.00. The van der Waals surface area contributed by atoms with Crippen molar-refractivity contribution in [3.63, 3.8) is 0 Å². The summed E-state index contributed by atoms with van der Waals surface area (Å²) in [4.78, 5) is 72.9. The number of hydrogen-bond acceptors (Lipinski definition) is 15. The Hall–Kier alpha value is -1.94. The zero-order valence-electron chi connectivity index (χ0n) is 62.7. The second kappa shape index (κ2) is 68.8. The van der Waals surface area contributed by atoms with Crippen LogP contribution in [0.5, 0.6) is 0 Å². The van der Waals surface area contributed by atoms with Gasteiger partial charge in [0.1, 0.15) is 19.3 Å². The van der Waals surface area contributed by atoms with Crippen molar-refractivity contribution in [1.82, 2.24) is 0 Å². The van der Waals surface area contributed by atoms with Gasteiger partial charge in [0, 0.05) is 25.7 Å². The van der Waals surface area contributed by atoms with Crippen LogP contribution in [0.3, 0.4) is 0 Å². The van der Waals surface area contributed by atoms with E-state index in [0.717, 1.165) is 108 Å². The van der Waals surface area contributed by atoms with E-state index in [-0.39, 0.29) is 25.7 Å². The second-order valence-electron chi connectivity index (χ2n) is 28.5. The Morgan fingerprint density at radius 1 is 0.302 bits per heavy atom. The highest BCUT2D eigenvalue weighted by molar-refractivity contribution is 7.47. The van der Waals surface area contributed by atoms with Crippen LogP contribution in [0.2, 0.25) is 0 Å². The fourth-order valence-corrected chi connectivity index (χ4v) is 13.4. The van der Waals surface area contributed by atoms with E-state index in [4.69, 9.17) is 37.0 Å². The molecule has 0 rings (SSSR count). The maximum absolute atomic E-state index is 13.1. The molecule has 0 aromatic heterocycles. The van der Waals surface area contributed by atoms with Crippen LogP contribution in [0, 0.1) is 11.8 Å². The van der Waals surface area contributed by atoms with Gasteiger partial charge in [0.15, 0.2) is 12.2 Å². The van der Waals surface area contributed by atoms with E-state index >= 15 is 0 Å². The fourth-order valence-electron chi connectivity index (χ4n) is 11.8. The van der Waals surface area contributed by atoms with Crippen LogP contribution < -0.4 is 0 Å². The summed E-state index contributed by atoms with van der Waals surface area (Å²) < 4.78 is 68.6. The van der Waals surface area contributed by atoms with Gasteiger partial charge < -0.3 is 33.8 Å². The molecule has 0 aromatic rings. The summed E-state index contributed by atoms with van der Waals surface area (Å²) in [7, 11) is -9.91. The molecule has 0 aliphatic heterocycles. The summed E-state index contributed by atoms with van der Waals surface area (Å²) in [6.45, 7) is 9.59. The van der Waals surface area contributed by atoms with E-state index in [2.05, 4.69) is 41.5 Å². The molecule has 3 N–H and O–H groups in total. The van der Waals surface area contributed by atoms with Gasteiger partial charge in [-0.1, -0.05) is 350 Å². The molecule has 17 nitrogen and oxygen atoms in total. The molecule has 0 bridgehead atoms. The van der Waals surface area contributed by atoms with Crippen molar-refractivity contribution in [2.45, 2.75) is 419 Å². The number of esters is 4. The number of carbonyl (C=O) groups is 4. The Bertz CT molecular complexity index is 1860. The SMILES string of the molecule is CCCCCCCCCCCCCCCCCC(=O)OC[C@H](COP(=O)(O)OC[C@@H](O)COP(=O)(O)OC[C@@H](COC(=O)CCCCCCCCC(C)CC)OC(=O)CCCCCCCCCCCCCCCCC)OC(=O)CCCCCCCCCCCCCCCC(C)C. The summed E-state index contributed by atoms with van der Waals surface area (Å²) >= 11 is 0. The van der Waals surface area contributed by atoms with Gasteiger partial charge in [-0.05, 0) is 37.5 Å². The Labute approximate surface area is 588 Å². The molecule has 570 valence electrons. The first kappa shape index (κ1) is 94.1. The van der Waals surface area contributed by atoms with Crippen molar-refractivity contribution >= 4 is 39.5 Å². The van der Waals surface area contributed by atoms with Crippen molar-refractivity contribution in [3.8, 4) is 0 Å². The topological polar surface area (TPSA) is 237 Å². The van der Waals surface area contributed by atoms with Gasteiger partial charge in [0.25, 0.3) is 0 Å². The molecule has 0 heterocycles. The van der Waals surface area contributed by atoms with Crippen molar-refractivity contribution in [2.24, 2.45) is 11.8 Å². The van der Waals surface area contributed by atoms with Crippen LogP contribution in [0.4, 0.5) is 0 Å². The van der Waals surface area contributed by atoms with E-state index in [1.54, 1.807) is 0 Å². The Kier molecular flexibility index (Phi) is 67.4. The molecule has 0 spiro atoms. The number of carbonyl (C=O) groups excluding carboxylic acids is 4. The highest BCUT2D eigenvalue weighted by atomic mass is 31.2. The lowest BCUT2D eigenvalue weighted by Gasteiger charge is -2.21. The first-order chi connectivity index (χ1) is 46.4. The van der Waals surface area contributed by atoms with Crippen LogP contribution >= 0.6 is 15.6 Å². The molecule has 0 aliphatic rings. The summed E-state index contributed by atoms with van der Waals surface area (Å²) in [5.74, 6) is -0.595. The first-order valence-electron chi connectivity index (χ1n) is 40.0. The Morgan fingerprint density at radius 3 is 0.792 bits per heavy atom. The number of rotatable bonds is 76. The summed E-state index contributed by atoms with van der Waals surface area (Å²) in [6, 6.07) is 0. The van der Waals surface area contributed by atoms with E-state index in [1.165, 1.54) is 212 Å². The molecule has 0 fully saturated rings. The fraction of sp³-hybridized carbons (Fsp3) is 0.948. The third-order valence-electron chi connectivity index (χ3n) is 18.3. The quantitative estimate of drug-likeness (QED) is 0.0222. The van der Waals surface area contributed by atoms with E-state index in [0.29, 0.717) is 25.7 Å². The van der Waals surface area contributed by atoms with Crippen LogP contribution in [0.15, 0.2) is 0 Å². The highest BCUT2D eigenvalue weighted by Crippen LogP contribution is 2.45. The predicted octanol–water partition coefficient (Wildman–Crippen LogP) is 22.7. The average molecular weight is 1410 g/mol. The summed E-state index contributed by atoms with van der Waals surface area (Å²) in [5.41, 5.74) is 0. The molecule has 3 unspecified atom stereocenters. The van der Waals surface area contributed by atoms with Crippen molar-refractivity contribution in [1.29, 1.82) is 0 Å². The van der Waals surface area contributed by atoms with Gasteiger partial charge >= 0.3 is 39.5 Å². The zero-order valence-corrected chi connectivity index (χ0v) is 64.5. The van der Waals surface area contributed by atoms with Crippen LogP contribution in [-0.2, 0) is 65.4 Å². The minimum Gasteiger partial charge on any atom is -0.462 e. The number of phosphoric acid groups is 2. The second-order valence-corrected chi connectivity index (χ2v) is 31.4. The van der Waals surface area contributed by atoms with E-state index < -0.39 is 97.5 Å². The number of ether oxygens (including phenoxy) is 4. The number of aliphatic hydroxyl groups excluding tert-OH is 1. The Morgan fingerprint density at radius 2 is 0.531 bits per heavy atom. The molecule has 19 heteroatoms. The van der Waals surface area contributed by atoms with Crippen molar-refractivity contribution in [3.05, 3.63) is 0 Å². The van der Waals surface area contributed by atoms with Crippen LogP contribution in [0.25, 0.3) is 0 Å². The first-order valence-corrected chi connectivity index (χ1v) is 43.0. The van der Waals surface area contributed by atoms with Gasteiger partial charge in [-0.2, -0.15) is 0 Å². The number of unbranched alkanes of at least 4 members (excludes halogenated alkanes) is 45. The molecule has 0 saturated carbocycles. The van der Waals surface area contributed by atoms with E-state index in [1.807, 2.05) is 0 Å². The minimum absolute atomic E-state index is 0.107. The normalized spacial score (nSPS) is 14.3. The maximum Gasteiger partial charge on any atom is 0.472 e. The lowest BCUT2D eigenvalue weighted by molar-refractivity contribution is -0.161. The molecular weight excluding hydrogens is 1260 g/mol. The van der Waals surface area contributed by atoms with Crippen LogP contribution in [0.1, 0.15) is 401 Å². The molecular formula is C77H150O17P2. The molecule has 96 heavy (non-hydrogen) atoms. The third-order valence-corrected chi connectivity index (χ3v) is 20.2. The number of hydrogen-bond donors (Lipinski definition) is 3. The van der Waals surface area contributed by atoms with Gasteiger partial charge in [-0.3, -0.25) is 37.3 Å². The van der Waals surface area contributed by atoms with Crippen molar-refractivity contribution in [2.75, 3.05) is 39.6 Å². The summed E-state index contributed by atoms with van der Waals surface area (Å²) in [5, 5.41) is 10.6. The minimum atomic E-state index is -4.96. The maximum atomic E-state index is 13.1. The van der Waals surface area contributed by atoms with Crippen molar-refractivity contribution < 1.29 is 80.2 Å². The smallest absolute Gasteiger partial charge is 0.462 e. The molecule has 6 atom stereocenters. The molecule has 0 amide bonds. The van der Waals surface area contributed by atoms with E-state index in [9.17, 15) is 43.2 Å². The number of phosphoric ester groups is 2. The zero-order chi connectivity index (χ0) is 70.7. The Balaban J connectivity index is 5.25. The van der Waals surface area contributed by atoms with Crippen LogP contribution in [-0.4, -0.2) is 96.7 Å². The predicted molar refractivity (Wildman–Crippen MR) is 391 cm³/mol. The molecule has 0 aliphatic carbocycles. The monoisotopic (exact) mass is 1410 g/mol. The summed E-state index contributed by atoms with van der Waals surface area (Å²) in [6.07, 6.45) is 56.8. The highest BCUT2D eigenvalue weighted by Gasteiger charge is 2.30. The van der Waals surface area contributed by atoms with Gasteiger partial charge in [-0.25, -0.2) is 9.13 Å². The van der Waals surface area contributed by atoms with Gasteiger partial charge in [-0.15, -0.1) is 0 Å². The largest absolute Gasteiger partial charge is 0.472 e. The average Bonchev–Trinajstić information content (AvgIpc) is 1.12.